The molecular weight excluding hydrogens is 345 g/mol. The lowest BCUT2D eigenvalue weighted by Gasteiger charge is -2.21. The molecule has 7 nitrogen and oxygen atoms in total. The van der Waals surface area contributed by atoms with Crippen molar-refractivity contribution in [1.29, 1.82) is 0 Å². The van der Waals surface area contributed by atoms with E-state index < -0.39 is 50.2 Å². The molecule has 0 aliphatic heterocycles. The minimum absolute atomic E-state index is 0.200. The number of carboxylic acids is 1. The summed E-state index contributed by atoms with van der Waals surface area (Å²) < 4.78 is 26.2. The first-order valence-electron chi connectivity index (χ1n) is 5.56. The van der Waals surface area contributed by atoms with Gasteiger partial charge in [0.05, 0.1) is 27.8 Å². The minimum Gasteiger partial charge on any atom is -0.478 e. The van der Waals surface area contributed by atoms with Gasteiger partial charge < -0.3 is 15.3 Å². The Bertz CT molecular complexity index is 659. The van der Waals surface area contributed by atoms with Crippen LogP contribution >= 0.6 is 23.2 Å². The van der Waals surface area contributed by atoms with Crippen molar-refractivity contribution in [2.45, 2.75) is 17.4 Å². The van der Waals surface area contributed by atoms with Gasteiger partial charge in [-0.1, -0.05) is 23.2 Å². The molecule has 0 aliphatic carbocycles. The van der Waals surface area contributed by atoms with Crippen LogP contribution < -0.4 is 4.72 Å². The fourth-order valence-corrected chi connectivity index (χ4v) is 3.40. The van der Waals surface area contributed by atoms with Crippen LogP contribution in [0.5, 0.6) is 0 Å². The van der Waals surface area contributed by atoms with Crippen molar-refractivity contribution >= 4 is 39.2 Å². The summed E-state index contributed by atoms with van der Waals surface area (Å²) in [5, 5.41) is 26.7. The standard InChI is InChI=1S/C11H13Cl2NO6S/c1-11(18,5-15)4-14-21(19,20)7-3-2-6(12)8(9(7)13)10(16)17/h2-3,14-15,18H,4-5H2,1H3,(H,16,17). The predicted molar refractivity (Wildman–Crippen MR) is 76.3 cm³/mol. The maximum absolute atomic E-state index is 12.1. The monoisotopic (exact) mass is 357 g/mol. The molecule has 0 bridgehead atoms. The van der Waals surface area contributed by atoms with Crippen molar-refractivity contribution in [1.82, 2.24) is 4.72 Å². The van der Waals surface area contributed by atoms with Crippen LogP contribution in [0, 0.1) is 0 Å². The van der Waals surface area contributed by atoms with Gasteiger partial charge in [-0.2, -0.15) is 0 Å². The van der Waals surface area contributed by atoms with Crippen molar-refractivity contribution in [2.75, 3.05) is 13.2 Å². The van der Waals surface area contributed by atoms with Crippen molar-refractivity contribution in [3.05, 3.63) is 27.7 Å². The molecule has 1 rings (SSSR count). The molecule has 4 N–H and O–H groups in total. The molecule has 0 saturated carbocycles. The number of aromatic carboxylic acids is 1. The number of aliphatic hydroxyl groups is 2. The SMILES string of the molecule is CC(O)(CO)CNS(=O)(=O)c1ccc(Cl)c(C(=O)O)c1Cl. The van der Waals surface area contributed by atoms with Crippen LogP contribution in [0.4, 0.5) is 0 Å². The Kier molecular flexibility index (Phi) is 5.59. The number of halogens is 2. The molecule has 0 spiro atoms. The molecule has 118 valence electrons. The first kappa shape index (κ1) is 18.1. The topological polar surface area (TPSA) is 124 Å². The van der Waals surface area contributed by atoms with Gasteiger partial charge in [0.1, 0.15) is 4.90 Å². The Labute approximate surface area is 131 Å². The number of hydrogen-bond donors (Lipinski definition) is 4. The molecule has 1 atom stereocenters. The Morgan fingerprint density at radius 1 is 1.38 bits per heavy atom. The second-order valence-corrected chi connectivity index (χ2v) is 7.04. The number of carbonyl (C=O) groups is 1. The van der Waals surface area contributed by atoms with E-state index in [9.17, 15) is 18.3 Å². The van der Waals surface area contributed by atoms with E-state index in [4.69, 9.17) is 33.4 Å². The van der Waals surface area contributed by atoms with E-state index in [2.05, 4.69) is 0 Å². The van der Waals surface area contributed by atoms with E-state index >= 15 is 0 Å². The molecule has 21 heavy (non-hydrogen) atoms. The Balaban J connectivity index is 3.22. The van der Waals surface area contributed by atoms with Crippen LogP contribution in [0.25, 0.3) is 0 Å². The van der Waals surface area contributed by atoms with Gasteiger partial charge in [0.15, 0.2) is 0 Å². The van der Waals surface area contributed by atoms with Crippen LogP contribution in [-0.4, -0.2) is 48.5 Å². The Morgan fingerprint density at radius 2 is 1.95 bits per heavy atom. The van der Waals surface area contributed by atoms with Gasteiger partial charge in [-0.3, -0.25) is 0 Å². The first-order chi connectivity index (χ1) is 9.52. The third-order valence-corrected chi connectivity index (χ3v) is 4.81. The Morgan fingerprint density at radius 3 is 2.43 bits per heavy atom. The van der Waals surface area contributed by atoms with Crippen LogP contribution in [0.2, 0.25) is 10.0 Å². The van der Waals surface area contributed by atoms with E-state index in [1.165, 1.54) is 6.92 Å². The number of rotatable bonds is 6. The number of aliphatic hydroxyl groups excluding tert-OH is 1. The highest BCUT2D eigenvalue weighted by Crippen LogP contribution is 2.31. The van der Waals surface area contributed by atoms with Crippen LogP contribution in [0.1, 0.15) is 17.3 Å². The third kappa shape index (κ3) is 4.29. The molecule has 0 aliphatic rings. The summed E-state index contributed by atoms with van der Waals surface area (Å²) in [6, 6.07) is 2.14. The average molecular weight is 358 g/mol. The lowest BCUT2D eigenvalue weighted by Crippen LogP contribution is -2.43. The molecule has 0 radical (unpaired) electrons. The maximum Gasteiger partial charge on any atom is 0.338 e. The third-order valence-electron chi connectivity index (χ3n) is 2.54. The highest BCUT2D eigenvalue weighted by atomic mass is 35.5. The average Bonchev–Trinajstić information content (AvgIpc) is 2.36. The zero-order valence-electron chi connectivity index (χ0n) is 10.8. The molecule has 0 amide bonds. The van der Waals surface area contributed by atoms with Gasteiger partial charge in [-0.15, -0.1) is 0 Å². The van der Waals surface area contributed by atoms with Crippen LogP contribution in [-0.2, 0) is 10.0 Å². The second kappa shape index (κ2) is 6.47. The van der Waals surface area contributed by atoms with Crippen molar-refractivity contribution in [3.8, 4) is 0 Å². The molecule has 10 heteroatoms. The van der Waals surface area contributed by atoms with Crippen molar-refractivity contribution in [2.24, 2.45) is 0 Å². The summed E-state index contributed by atoms with van der Waals surface area (Å²) in [5.74, 6) is -1.47. The predicted octanol–water partition coefficient (Wildman–Crippen LogP) is 0.713. The first-order valence-corrected chi connectivity index (χ1v) is 7.80. The van der Waals surface area contributed by atoms with Gasteiger partial charge >= 0.3 is 5.97 Å². The minimum atomic E-state index is -4.18. The van der Waals surface area contributed by atoms with Crippen molar-refractivity contribution < 1.29 is 28.5 Å². The summed E-state index contributed by atoms with van der Waals surface area (Å²) in [4.78, 5) is 10.5. The van der Waals surface area contributed by atoms with E-state index in [-0.39, 0.29) is 5.02 Å². The van der Waals surface area contributed by atoms with E-state index in [0.29, 0.717) is 0 Å². The van der Waals surface area contributed by atoms with E-state index in [1.54, 1.807) is 0 Å². The zero-order chi connectivity index (χ0) is 16.4. The second-order valence-electron chi connectivity index (χ2n) is 4.52. The number of sulfonamides is 1. The highest BCUT2D eigenvalue weighted by molar-refractivity contribution is 7.89. The quantitative estimate of drug-likeness (QED) is 0.594. The highest BCUT2D eigenvalue weighted by Gasteiger charge is 2.27. The van der Waals surface area contributed by atoms with Gasteiger partial charge in [0.25, 0.3) is 0 Å². The smallest absolute Gasteiger partial charge is 0.338 e. The van der Waals surface area contributed by atoms with E-state index in [0.717, 1.165) is 12.1 Å². The summed E-state index contributed by atoms with van der Waals surface area (Å²) in [6.07, 6.45) is 0. The van der Waals surface area contributed by atoms with Gasteiger partial charge in [0.2, 0.25) is 10.0 Å². The molecule has 0 saturated heterocycles. The van der Waals surface area contributed by atoms with Crippen LogP contribution in [0.3, 0.4) is 0 Å². The Hall–Kier alpha value is -0.900. The molecule has 0 fully saturated rings. The summed E-state index contributed by atoms with van der Waals surface area (Å²) in [6.45, 7) is 0.0824. The van der Waals surface area contributed by atoms with Gasteiger partial charge in [-0.05, 0) is 19.1 Å². The normalized spacial score (nSPS) is 14.7. The fourth-order valence-electron chi connectivity index (χ4n) is 1.32. The zero-order valence-corrected chi connectivity index (χ0v) is 13.1. The molecule has 1 aromatic rings. The molecule has 0 heterocycles. The maximum atomic E-state index is 12.1. The molecule has 1 aromatic carbocycles. The molecular formula is C11H13Cl2NO6S. The lowest BCUT2D eigenvalue weighted by atomic mass is 10.1. The number of benzene rings is 1. The van der Waals surface area contributed by atoms with Gasteiger partial charge in [0, 0.05) is 6.54 Å². The van der Waals surface area contributed by atoms with E-state index in [1.807, 2.05) is 4.72 Å². The van der Waals surface area contributed by atoms with Crippen molar-refractivity contribution in [3.63, 3.8) is 0 Å². The largest absolute Gasteiger partial charge is 0.478 e. The number of carboxylic acid groups (broad SMARTS) is 1. The molecule has 0 aromatic heterocycles. The number of hydrogen-bond acceptors (Lipinski definition) is 5. The summed E-state index contributed by atoms with van der Waals surface area (Å²) in [5.41, 5.74) is -2.20. The van der Waals surface area contributed by atoms with Crippen LogP contribution in [0.15, 0.2) is 17.0 Å². The number of nitrogens with one attached hydrogen (secondary N) is 1. The van der Waals surface area contributed by atoms with Gasteiger partial charge in [-0.25, -0.2) is 17.9 Å². The summed E-state index contributed by atoms with van der Waals surface area (Å²) >= 11 is 11.4. The summed E-state index contributed by atoms with van der Waals surface area (Å²) in [7, 11) is -4.18. The fraction of sp³-hybridized carbons (Fsp3) is 0.364. The lowest BCUT2D eigenvalue weighted by molar-refractivity contribution is 0.00681. The molecule has 1 unspecified atom stereocenters.